The van der Waals surface area contributed by atoms with Crippen LogP contribution in [-0.2, 0) is 4.79 Å². The summed E-state index contributed by atoms with van der Waals surface area (Å²) < 4.78 is 0. The number of likely N-dealkylation sites (N-methyl/N-ethyl adjacent to an activating group) is 1. The maximum Gasteiger partial charge on any atom is 0.243 e. The third-order valence-electron chi connectivity index (χ3n) is 3.36. The van der Waals surface area contributed by atoms with Gasteiger partial charge in [-0.1, -0.05) is 18.2 Å². The van der Waals surface area contributed by atoms with Gasteiger partial charge in [0, 0.05) is 23.6 Å². The van der Waals surface area contributed by atoms with Crippen molar-refractivity contribution in [1.82, 2.24) is 0 Å². The Labute approximate surface area is 125 Å². The van der Waals surface area contributed by atoms with E-state index in [1.807, 2.05) is 61.2 Å². The van der Waals surface area contributed by atoms with Gasteiger partial charge in [0.2, 0.25) is 5.91 Å². The summed E-state index contributed by atoms with van der Waals surface area (Å²) in [6, 6.07) is 15.4. The molecule has 3 N–H and O–H groups in total. The van der Waals surface area contributed by atoms with Gasteiger partial charge in [0.05, 0.1) is 6.54 Å². The van der Waals surface area contributed by atoms with E-state index in [0.29, 0.717) is 12.2 Å². The largest absolute Gasteiger partial charge is 0.399 e. The summed E-state index contributed by atoms with van der Waals surface area (Å²) in [6.45, 7) is 5.07. The SMILES string of the molecule is CCN(CC(=O)Nc1ccc(N)cc1C)c1ccccc1. The van der Waals surface area contributed by atoms with Crippen LogP contribution in [0.2, 0.25) is 0 Å². The molecule has 0 aromatic heterocycles. The monoisotopic (exact) mass is 283 g/mol. The van der Waals surface area contributed by atoms with Crippen LogP contribution in [0.5, 0.6) is 0 Å². The molecular formula is C17H21N3O. The highest BCUT2D eigenvalue weighted by Gasteiger charge is 2.10. The molecule has 2 aromatic rings. The molecule has 0 aliphatic rings. The highest BCUT2D eigenvalue weighted by molar-refractivity contribution is 5.94. The number of carbonyl (C=O) groups excluding carboxylic acids is 1. The number of nitrogens with zero attached hydrogens (tertiary/aromatic N) is 1. The molecule has 1 amide bonds. The number of hydrogen-bond donors (Lipinski definition) is 2. The van der Waals surface area contributed by atoms with Gasteiger partial charge in [-0.05, 0) is 49.7 Å². The average molecular weight is 283 g/mol. The summed E-state index contributed by atoms with van der Waals surface area (Å²) in [5, 5.41) is 2.94. The van der Waals surface area contributed by atoms with Crippen LogP contribution in [0, 0.1) is 6.92 Å². The normalized spacial score (nSPS) is 10.2. The van der Waals surface area contributed by atoms with Gasteiger partial charge in [-0.2, -0.15) is 0 Å². The quantitative estimate of drug-likeness (QED) is 0.829. The predicted molar refractivity (Wildman–Crippen MR) is 88.6 cm³/mol. The molecule has 0 atom stereocenters. The minimum atomic E-state index is -0.0337. The van der Waals surface area contributed by atoms with Crippen molar-refractivity contribution in [2.75, 3.05) is 29.0 Å². The minimum absolute atomic E-state index is 0.0337. The third kappa shape index (κ3) is 3.99. The molecule has 0 fully saturated rings. The Balaban J connectivity index is 2.03. The molecule has 0 heterocycles. The molecular weight excluding hydrogens is 262 g/mol. The Morgan fingerprint density at radius 3 is 2.52 bits per heavy atom. The first-order valence-electron chi connectivity index (χ1n) is 7.06. The summed E-state index contributed by atoms with van der Waals surface area (Å²) in [7, 11) is 0. The summed E-state index contributed by atoms with van der Waals surface area (Å²) in [4.78, 5) is 14.2. The van der Waals surface area contributed by atoms with E-state index < -0.39 is 0 Å². The molecule has 21 heavy (non-hydrogen) atoms. The highest BCUT2D eigenvalue weighted by Crippen LogP contribution is 2.18. The molecule has 0 spiro atoms. The Kier molecular flexibility index (Phi) is 4.82. The van der Waals surface area contributed by atoms with Gasteiger partial charge in [0.25, 0.3) is 0 Å². The number of anilines is 3. The lowest BCUT2D eigenvalue weighted by atomic mass is 10.2. The summed E-state index contributed by atoms with van der Waals surface area (Å²) in [5.74, 6) is -0.0337. The zero-order valence-corrected chi connectivity index (χ0v) is 12.5. The standard InChI is InChI=1S/C17H21N3O/c1-3-20(15-7-5-4-6-8-15)12-17(21)19-16-10-9-14(18)11-13(16)2/h4-11H,3,12,18H2,1-2H3,(H,19,21). The van der Waals surface area contributed by atoms with E-state index in [4.69, 9.17) is 5.73 Å². The molecule has 0 aliphatic carbocycles. The Morgan fingerprint density at radius 2 is 1.90 bits per heavy atom. The van der Waals surface area contributed by atoms with Gasteiger partial charge in [0.1, 0.15) is 0 Å². The number of nitrogen functional groups attached to an aromatic ring is 1. The van der Waals surface area contributed by atoms with Crippen molar-refractivity contribution in [2.24, 2.45) is 0 Å². The van der Waals surface area contributed by atoms with E-state index in [2.05, 4.69) is 5.32 Å². The van der Waals surface area contributed by atoms with E-state index in [9.17, 15) is 4.79 Å². The van der Waals surface area contributed by atoms with Crippen molar-refractivity contribution in [2.45, 2.75) is 13.8 Å². The molecule has 0 saturated carbocycles. The van der Waals surface area contributed by atoms with Gasteiger partial charge < -0.3 is 16.0 Å². The molecule has 4 nitrogen and oxygen atoms in total. The topological polar surface area (TPSA) is 58.4 Å². The minimum Gasteiger partial charge on any atom is -0.399 e. The summed E-state index contributed by atoms with van der Waals surface area (Å²) >= 11 is 0. The van der Waals surface area contributed by atoms with Crippen LogP contribution >= 0.6 is 0 Å². The smallest absolute Gasteiger partial charge is 0.243 e. The van der Waals surface area contributed by atoms with Crippen LogP contribution in [0.15, 0.2) is 48.5 Å². The van der Waals surface area contributed by atoms with E-state index in [1.165, 1.54) is 0 Å². The van der Waals surface area contributed by atoms with Crippen molar-refractivity contribution < 1.29 is 4.79 Å². The van der Waals surface area contributed by atoms with Crippen LogP contribution in [0.1, 0.15) is 12.5 Å². The Bertz CT molecular complexity index is 611. The summed E-state index contributed by atoms with van der Waals surface area (Å²) in [5.41, 5.74) is 9.23. The second kappa shape index (κ2) is 6.79. The van der Waals surface area contributed by atoms with Crippen molar-refractivity contribution >= 4 is 23.0 Å². The Morgan fingerprint density at radius 1 is 1.19 bits per heavy atom. The maximum atomic E-state index is 12.2. The van der Waals surface area contributed by atoms with Gasteiger partial charge >= 0.3 is 0 Å². The fraction of sp³-hybridized carbons (Fsp3) is 0.235. The van der Waals surface area contributed by atoms with Gasteiger partial charge in [-0.25, -0.2) is 0 Å². The molecule has 0 radical (unpaired) electrons. The number of nitrogens with one attached hydrogen (secondary N) is 1. The zero-order valence-electron chi connectivity index (χ0n) is 12.5. The molecule has 0 unspecified atom stereocenters. The fourth-order valence-corrected chi connectivity index (χ4v) is 2.21. The second-order valence-corrected chi connectivity index (χ2v) is 4.97. The van der Waals surface area contributed by atoms with Crippen LogP contribution < -0.4 is 16.0 Å². The number of rotatable bonds is 5. The van der Waals surface area contributed by atoms with Crippen LogP contribution in [0.3, 0.4) is 0 Å². The highest BCUT2D eigenvalue weighted by atomic mass is 16.2. The zero-order chi connectivity index (χ0) is 15.2. The summed E-state index contributed by atoms with van der Waals surface area (Å²) in [6.07, 6.45) is 0. The lowest BCUT2D eigenvalue weighted by molar-refractivity contribution is -0.115. The van der Waals surface area contributed by atoms with E-state index in [-0.39, 0.29) is 5.91 Å². The van der Waals surface area contributed by atoms with Crippen molar-refractivity contribution in [3.8, 4) is 0 Å². The van der Waals surface area contributed by atoms with Gasteiger partial charge in [-0.3, -0.25) is 4.79 Å². The molecule has 0 saturated heterocycles. The molecule has 2 aromatic carbocycles. The van der Waals surface area contributed by atoms with Crippen molar-refractivity contribution in [3.63, 3.8) is 0 Å². The van der Waals surface area contributed by atoms with Gasteiger partial charge in [0.15, 0.2) is 0 Å². The number of carbonyl (C=O) groups is 1. The number of hydrogen-bond acceptors (Lipinski definition) is 3. The van der Waals surface area contributed by atoms with Crippen molar-refractivity contribution in [1.29, 1.82) is 0 Å². The van der Waals surface area contributed by atoms with Gasteiger partial charge in [-0.15, -0.1) is 0 Å². The first kappa shape index (κ1) is 14.9. The molecule has 110 valence electrons. The van der Waals surface area contributed by atoms with Crippen LogP contribution in [-0.4, -0.2) is 19.0 Å². The number of aryl methyl sites for hydroxylation is 1. The van der Waals surface area contributed by atoms with Crippen molar-refractivity contribution in [3.05, 3.63) is 54.1 Å². The number of amides is 1. The first-order valence-corrected chi connectivity index (χ1v) is 7.06. The average Bonchev–Trinajstić information content (AvgIpc) is 2.48. The molecule has 4 heteroatoms. The molecule has 0 aliphatic heterocycles. The van der Waals surface area contributed by atoms with E-state index in [0.717, 1.165) is 23.5 Å². The molecule has 0 bridgehead atoms. The first-order chi connectivity index (χ1) is 10.1. The predicted octanol–water partition coefficient (Wildman–Crippen LogP) is 3.04. The van der Waals surface area contributed by atoms with Crippen LogP contribution in [0.4, 0.5) is 17.1 Å². The number of nitrogens with two attached hydrogens (primary N) is 1. The van der Waals surface area contributed by atoms with Crippen LogP contribution in [0.25, 0.3) is 0 Å². The Hall–Kier alpha value is -2.49. The lowest BCUT2D eigenvalue weighted by Gasteiger charge is -2.22. The van der Waals surface area contributed by atoms with E-state index in [1.54, 1.807) is 6.07 Å². The number of para-hydroxylation sites is 1. The molecule has 2 rings (SSSR count). The lowest BCUT2D eigenvalue weighted by Crippen LogP contribution is -2.33. The maximum absolute atomic E-state index is 12.2. The fourth-order valence-electron chi connectivity index (χ4n) is 2.21. The van der Waals surface area contributed by atoms with E-state index >= 15 is 0 Å². The third-order valence-corrected chi connectivity index (χ3v) is 3.36. The second-order valence-electron chi connectivity index (χ2n) is 4.97. The number of benzene rings is 2.